The minimum atomic E-state index is -0.934. The van der Waals surface area contributed by atoms with Crippen LogP contribution in [0.2, 0.25) is 0 Å². The Labute approximate surface area is 113 Å². The molecular weight excluding hydrogens is 244 g/mol. The molecule has 1 aromatic rings. The van der Waals surface area contributed by atoms with E-state index >= 15 is 0 Å². The van der Waals surface area contributed by atoms with Crippen molar-refractivity contribution >= 4 is 5.97 Å². The number of hydrogen-bond donors (Lipinski definition) is 2. The minimum Gasteiger partial charge on any atom is -0.479 e. The van der Waals surface area contributed by atoms with Crippen LogP contribution >= 0.6 is 0 Å². The van der Waals surface area contributed by atoms with E-state index in [1.54, 1.807) is 6.07 Å². The zero-order valence-electron chi connectivity index (χ0n) is 11.1. The van der Waals surface area contributed by atoms with Gasteiger partial charge in [0.1, 0.15) is 5.75 Å². The lowest BCUT2D eigenvalue weighted by molar-refractivity contribution is -0.145. The first kappa shape index (κ1) is 13.9. The highest BCUT2D eigenvalue weighted by Crippen LogP contribution is 2.35. The smallest absolute Gasteiger partial charge is 0.344 e. The van der Waals surface area contributed by atoms with Gasteiger partial charge in [-0.1, -0.05) is 25.5 Å². The number of aliphatic carboxylic acids is 1. The lowest BCUT2D eigenvalue weighted by atomic mass is 9.89. The van der Waals surface area contributed by atoms with Gasteiger partial charge in [0.05, 0.1) is 6.10 Å². The zero-order chi connectivity index (χ0) is 13.8. The second kappa shape index (κ2) is 6.06. The zero-order valence-corrected chi connectivity index (χ0v) is 11.1. The van der Waals surface area contributed by atoms with Crippen LogP contribution in [0.5, 0.6) is 5.75 Å². The third kappa shape index (κ3) is 3.07. The largest absolute Gasteiger partial charge is 0.479 e. The van der Waals surface area contributed by atoms with Crippen molar-refractivity contribution in [3.8, 4) is 5.75 Å². The first-order valence-corrected chi connectivity index (χ1v) is 6.82. The average Bonchev–Trinajstić information content (AvgIpc) is 2.39. The molecule has 2 unspecified atom stereocenters. The summed E-state index contributed by atoms with van der Waals surface area (Å²) in [6.45, 7) is 1.93. The highest BCUT2D eigenvalue weighted by Gasteiger charge is 2.24. The highest BCUT2D eigenvalue weighted by atomic mass is 16.5. The van der Waals surface area contributed by atoms with E-state index in [2.05, 4.69) is 0 Å². The van der Waals surface area contributed by atoms with E-state index in [9.17, 15) is 9.90 Å². The van der Waals surface area contributed by atoms with Crippen molar-refractivity contribution in [2.75, 3.05) is 0 Å². The summed E-state index contributed by atoms with van der Waals surface area (Å²) in [7, 11) is 0. The van der Waals surface area contributed by atoms with Gasteiger partial charge in [-0.15, -0.1) is 0 Å². The van der Waals surface area contributed by atoms with Gasteiger partial charge in [0, 0.05) is 0 Å². The summed E-state index contributed by atoms with van der Waals surface area (Å²) >= 11 is 0. The van der Waals surface area contributed by atoms with Gasteiger partial charge in [-0.25, -0.2) is 4.79 Å². The van der Waals surface area contributed by atoms with E-state index in [0.29, 0.717) is 12.2 Å². The van der Waals surface area contributed by atoms with Crippen LogP contribution < -0.4 is 4.74 Å². The molecule has 1 aromatic carbocycles. The fourth-order valence-electron chi connectivity index (χ4n) is 2.55. The van der Waals surface area contributed by atoms with Gasteiger partial charge in [0.25, 0.3) is 0 Å². The number of carbonyl (C=O) groups is 1. The van der Waals surface area contributed by atoms with Gasteiger partial charge in [-0.2, -0.15) is 0 Å². The molecule has 0 fully saturated rings. The van der Waals surface area contributed by atoms with Crippen molar-refractivity contribution in [2.24, 2.45) is 0 Å². The topological polar surface area (TPSA) is 66.8 Å². The summed E-state index contributed by atoms with van der Waals surface area (Å²) in [6, 6.07) is 5.50. The molecule has 0 bridgehead atoms. The van der Waals surface area contributed by atoms with Crippen LogP contribution in [0.25, 0.3) is 0 Å². The monoisotopic (exact) mass is 264 g/mol. The van der Waals surface area contributed by atoms with Crippen LogP contribution in [0.4, 0.5) is 0 Å². The molecule has 19 heavy (non-hydrogen) atoms. The van der Waals surface area contributed by atoms with Crippen LogP contribution in [0.15, 0.2) is 18.2 Å². The van der Waals surface area contributed by atoms with E-state index in [1.807, 2.05) is 19.1 Å². The molecule has 0 aliphatic heterocycles. The maximum Gasteiger partial charge on any atom is 0.344 e. The first-order valence-electron chi connectivity index (χ1n) is 6.82. The lowest BCUT2D eigenvalue weighted by Gasteiger charge is -2.25. The predicted octanol–water partition coefficient (Wildman–Crippen LogP) is 2.69. The number of carboxylic acid groups (broad SMARTS) is 1. The maximum absolute atomic E-state index is 11.2. The fraction of sp³-hybridized carbons (Fsp3) is 0.533. The van der Waals surface area contributed by atoms with Gasteiger partial charge in [-0.05, 0) is 42.9 Å². The Kier molecular flexibility index (Phi) is 4.43. The molecule has 4 heteroatoms. The van der Waals surface area contributed by atoms with Gasteiger partial charge in [0.2, 0.25) is 0 Å². The highest BCUT2D eigenvalue weighted by molar-refractivity contribution is 5.72. The molecule has 104 valence electrons. The van der Waals surface area contributed by atoms with Crippen molar-refractivity contribution in [1.82, 2.24) is 0 Å². The number of benzene rings is 1. The minimum absolute atomic E-state index is 0.457. The molecule has 2 atom stereocenters. The number of rotatable bonds is 5. The number of hydrogen-bond acceptors (Lipinski definition) is 3. The molecule has 1 aliphatic carbocycles. The quantitative estimate of drug-likeness (QED) is 0.858. The van der Waals surface area contributed by atoms with Crippen LogP contribution in [0.1, 0.15) is 49.8 Å². The summed E-state index contributed by atoms with van der Waals surface area (Å²) in [5, 5.41) is 19.1. The van der Waals surface area contributed by atoms with Crippen molar-refractivity contribution in [3.63, 3.8) is 0 Å². The Balaban J connectivity index is 2.25. The summed E-state index contributed by atoms with van der Waals surface area (Å²) in [5.41, 5.74) is 1.84. The summed E-state index contributed by atoms with van der Waals surface area (Å²) in [4.78, 5) is 11.2. The number of ether oxygens (including phenoxy) is 1. The summed E-state index contributed by atoms with van der Waals surface area (Å²) in [5.74, 6) is -0.326. The molecule has 4 nitrogen and oxygen atoms in total. The van der Waals surface area contributed by atoms with E-state index in [-0.39, 0.29) is 0 Å². The van der Waals surface area contributed by atoms with Crippen molar-refractivity contribution < 1.29 is 19.7 Å². The van der Waals surface area contributed by atoms with E-state index in [4.69, 9.17) is 9.84 Å². The number of aliphatic hydroxyl groups is 1. The molecule has 1 aliphatic rings. The Morgan fingerprint density at radius 3 is 3.00 bits per heavy atom. The molecule has 0 spiro atoms. The van der Waals surface area contributed by atoms with E-state index < -0.39 is 18.2 Å². The van der Waals surface area contributed by atoms with Crippen LogP contribution in [-0.4, -0.2) is 22.3 Å². The third-order valence-corrected chi connectivity index (χ3v) is 3.53. The van der Waals surface area contributed by atoms with Crippen LogP contribution in [0.3, 0.4) is 0 Å². The molecule has 2 rings (SSSR count). The van der Waals surface area contributed by atoms with Crippen molar-refractivity contribution in [3.05, 3.63) is 29.3 Å². The second-order valence-corrected chi connectivity index (χ2v) is 4.97. The van der Waals surface area contributed by atoms with Gasteiger partial charge in [-0.3, -0.25) is 0 Å². The number of aliphatic hydroxyl groups excluding tert-OH is 1. The predicted molar refractivity (Wildman–Crippen MR) is 71.3 cm³/mol. The molecule has 0 saturated heterocycles. The van der Waals surface area contributed by atoms with Crippen molar-refractivity contribution in [1.29, 1.82) is 0 Å². The lowest BCUT2D eigenvalue weighted by Crippen LogP contribution is -2.27. The molecule has 0 amide bonds. The van der Waals surface area contributed by atoms with Gasteiger partial charge in [0.15, 0.2) is 6.10 Å². The molecule has 0 aromatic heterocycles. The number of fused-ring (bicyclic) bond motifs is 1. The normalized spacial score (nSPS) is 19.6. The Hall–Kier alpha value is -1.55. The first-order chi connectivity index (χ1) is 9.13. The Bertz CT molecular complexity index is 455. The van der Waals surface area contributed by atoms with E-state index in [0.717, 1.165) is 36.8 Å². The Morgan fingerprint density at radius 2 is 2.32 bits per heavy atom. The van der Waals surface area contributed by atoms with Gasteiger partial charge >= 0.3 is 5.97 Å². The summed E-state index contributed by atoms with van der Waals surface area (Å²) in [6.07, 6.45) is 2.47. The summed E-state index contributed by atoms with van der Waals surface area (Å²) < 4.78 is 5.65. The van der Waals surface area contributed by atoms with Crippen LogP contribution in [0, 0.1) is 0 Å². The fourth-order valence-corrected chi connectivity index (χ4v) is 2.55. The number of carboxylic acids is 1. The maximum atomic E-state index is 11.2. The van der Waals surface area contributed by atoms with E-state index in [1.165, 1.54) is 0 Å². The third-order valence-electron chi connectivity index (χ3n) is 3.53. The standard InChI is InChI=1S/C15H20O4/c1-2-5-14(15(17)18)19-13-9-4-6-10-11(13)7-3-8-12(10)16/h4,6,9,12,14,16H,2-3,5,7-8H2,1H3,(H,17,18). The molecule has 2 N–H and O–H groups in total. The second-order valence-electron chi connectivity index (χ2n) is 4.97. The van der Waals surface area contributed by atoms with Crippen molar-refractivity contribution in [2.45, 2.75) is 51.2 Å². The van der Waals surface area contributed by atoms with Gasteiger partial charge < -0.3 is 14.9 Å². The molecule has 0 heterocycles. The molecular formula is C15H20O4. The Morgan fingerprint density at radius 1 is 1.53 bits per heavy atom. The SMILES string of the molecule is CCCC(Oc1cccc2c1CCCC2O)C(=O)O. The average molecular weight is 264 g/mol. The van der Waals surface area contributed by atoms with Crippen LogP contribution in [-0.2, 0) is 11.2 Å². The molecule has 0 saturated carbocycles. The molecule has 0 radical (unpaired) electrons.